The first-order valence-corrected chi connectivity index (χ1v) is 12.5. The van der Waals surface area contributed by atoms with E-state index >= 15 is 0 Å². The molecule has 2 saturated carbocycles. The van der Waals surface area contributed by atoms with E-state index in [9.17, 15) is 29.3 Å². The highest BCUT2D eigenvalue weighted by Crippen LogP contribution is 2.56. The molecule has 2 aliphatic heterocycles. The van der Waals surface area contributed by atoms with E-state index in [-0.39, 0.29) is 65.8 Å². The maximum Gasteiger partial charge on any atom is 0.316 e. The van der Waals surface area contributed by atoms with Gasteiger partial charge in [-0.25, -0.2) is 4.90 Å². The lowest BCUT2D eigenvalue weighted by Crippen LogP contribution is -2.32. The third kappa shape index (κ3) is 3.70. The molecule has 190 valence electrons. The second-order valence-corrected chi connectivity index (χ2v) is 10.4. The van der Waals surface area contributed by atoms with Crippen LogP contribution in [0.1, 0.15) is 31.2 Å². The van der Waals surface area contributed by atoms with Gasteiger partial charge < -0.3 is 9.64 Å². The van der Waals surface area contributed by atoms with Gasteiger partial charge in [0.1, 0.15) is 5.75 Å². The molecule has 2 bridgehead atoms. The summed E-state index contributed by atoms with van der Waals surface area (Å²) in [6.45, 7) is 1.65. The zero-order chi connectivity index (χ0) is 26.0. The fourth-order valence-electron chi connectivity index (χ4n) is 6.63. The number of amides is 3. The van der Waals surface area contributed by atoms with Crippen LogP contribution in [0, 0.1) is 46.6 Å². The Bertz CT molecular complexity index is 1340. The number of esters is 1. The molecular formula is C27H25N3O7. The second-order valence-electron chi connectivity index (χ2n) is 10.4. The molecule has 3 amide bonds. The normalized spacial score (nSPS) is 28.2. The van der Waals surface area contributed by atoms with Crippen molar-refractivity contribution >= 4 is 40.8 Å². The predicted octanol–water partition coefficient (Wildman–Crippen LogP) is 3.40. The molecule has 0 N–H and O–H groups in total. The van der Waals surface area contributed by atoms with E-state index in [4.69, 9.17) is 4.74 Å². The van der Waals surface area contributed by atoms with Gasteiger partial charge >= 0.3 is 5.97 Å². The van der Waals surface area contributed by atoms with Gasteiger partial charge in [-0.1, -0.05) is 12.1 Å². The number of carbonyl (C=O) groups excluding carboxylic acids is 4. The quantitative estimate of drug-likeness (QED) is 0.201. The molecule has 5 atom stereocenters. The van der Waals surface area contributed by atoms with E-state index in [1.807, 2.05) is 0 Å². The Morgan fingerprint density at radius 1 is 1.00 bits per heavy atom. The Labute approximate surface area is 212 Å². The topological polar surface area (TPSA) is 127 Å². The maximum atomic E-state index is 13.1. The summed E-state index contributed by atoms with van der Waals surface area (Å²) in [5.74, 6) is -1.82. The average Bonchev–Trinajstić information content (AvgIpc) is 3.63. The first kappa shape index (κ1) is 23.3. The number of anilines is 2. The van der Waals surface area contributed by atoms with Gasteiger partial charge in [-0.05, 0) is 56.2 Å². The van der Waals surface area contributed by atoms with Crippen LogP contribution in [-0.4, -0.2) is 35.2 Å². The molecule has 2 heterocycles. The molecule has 0 radical (unpaired) electrons. The van der Waals surface area contributed by atoms with Gasteiger partial charge in [0.15, 0.2) is 0 Å². The SMILES string of the molecule is Cc1ccc(N2C[C@@H](C(=O)Oc3cccc(N4C(=O)[C@@H]5[C@H]6CC[C@@H](C6)[C@@H]5C4=O)c3)CC2=O)cc1[N+](=O)[O-]. The number of nitro benzene ring substituents is 1. The summed E-state index contributed by atoms with van der Waals surface area (Å²) in [6, 6.07) is 10.9. The van der Waals surface area contributed by atoms with Crippen molar-refractivity contribution in [2.75, 3.05) is 16.3 Å². The Morgan fingerprint density at radius 3 is 2.38 bits per heavy atom. The van der Waals surface area contributed by atoms with Crippen LogP contribution in [0.15, 0.2) is 42.5 Å². The largest absolute Gasteiger partial charge is 0.426 e. The zero-order valence-electron chi connectivity index (χ0n) is 20.2. The molecule has 4 aliphatic rings. The molecule has 10 nitrogen and oxygen atoms in total. The summed E-state index contributed by atoms with van der Waals surface area (Å²) in [5.41, 5.74) is 1.11. The van der Waals surface area contributed by atoms with Gasteiger partial charge in [0.2, 0.25) is 17.7 Å². The minimum absolute atomic E-state index is 0.0345. The first-order valence-electron chi connectivity index (χ1n) is 12.5. The van der Waals surface area contributed by atoms with Crippen molar-refractivity contribution in [3.05, 3.63) is 58.1 Å². The number of fused-ring (bicyclic) bond motifs is 5. The molecule has 0 aromatic heterocycles. The number of hydrogen-bond donors (Lipinski definition) is 0. The van der Waals surface area contributed by atoms with E-state index in [1.165, 1.54) is 21.9 Å². The van der Waals surface area contributed by atoms with Crippen molar-refractivity contribution < 1.29 is 28.8 Å². The minimum atomic E-state index is -0.762. The number of benzene rings is 2. The zero-order valence-corrected chi connectivity index (χ0v) is 20.2. The number of carbonyl (C=O) groups is 4. The van der Waals surface area contributed by atoms with Crippen molar-refractivity contribution in [3.63, 3.8) is 0 Å². The Balaban J connectivity index is 1.16. The number of nitrogens with zero attached hydrogens (tertiary/aromatic N) is 3. The highest BCUT2D eigenvalue weighted by Gasteiger charge is 2.61. The number of aryl methyl sites for hydroxylation is 1. The first-order chi connectivity index (χ1) is 17.7. The molecular weight excluding hydrogens is 478 g/mol. The summed E-state index contributed by atoms with van der Waals surface area (Å²) in [7, 11) is 0. The molecule has 37 heavy (non-hydrogen) atoms. The molecule has 4 fully saturated rings. The van der Waals surface area contributed by atoms with E-state index in [0.29, 0.717) is 16.9 Å². The van der Waals surface area contributed by atoms with E-state index < -0.39 is 16.8 Å². The molecule has 6 rings (SSSR count). The summed E-state index contributed by atoms with van der Waals surface area (Å²) in [5, 5.41) is 11.3. The minimum Gasteiger partial charge on any atom is -0.426 e. The maximum absolute atomic E-state index is 13.1. The van der Waals surface area contributed by atoms with E-state index in [0.717, 1.165) is 19.3 Å². The molecule has 10 heteroatoms. The number of nitro groups is 1. The van der Waals surface area contributed by atoms with Crippen molar-refractivity contribution in [1.29, 1.82) is 0 Å². The molecule has 2 aromatic rings. The summed E-state index contributed by atoms with van der Waals surface area (Å²) in [6.07, 6.45) is 2.84. The van der Waals surface area contributed by atoms with Crippen LogP contribution in [0.4, 0.5) is 17.1 Å². The summed E-state index contributed by atoms with van der Waals surface area (Å²) >= 11 is 0. The average molecular weight is 504 g/mol. The fraction of sp³-hybridized carbons (Fsp3) is 0.407. The number of rotatable bonds is 5. The van der Waals surface area contributed by atoms with Gasteiger partial charge in [-0.2, -0.15) is 0 Å². The van der Waals surface area contributed by atoms with Gasteiger partial charge in [-0.3, -0.25) is 29.3 Å². The van der Waals surface area contributed by atoms with Crippen molar-refractivity contribution in [3.8, 4) is 5.75 Å². The van der Waals surface area contributed by atoms with E-state index in [1.54, 1.807) is 37.3 Å². The number of hydrogen-bond acceptors (Lipinski definition) is 7. The number of ether oxygens (including phenoxy) is 1. The smallest absolute Gasteiger partial charge is 0.316 e. The fourth-order valence-corrected chi connectivity index (χ4v) is 6.63. The van der Waals surface area contributed by atoms with Crippen LogP contribution in [0.3, 0.4) is 0 Å². The standard InChI is InChI=1S/C27H25N3O7/c1-14-5-8-18(12-21(14)30(35)36)28-13-17(10-22(28)31)27(34)37-20-4-2-3-19(11-20)29-25(32)23-15-6-7-16(9-15)24(23)26(29)33/h2-5,8,11-12,15-17,23-24H,6-7,9-10,13H2,1H3/t15-,16-,17-,23-,24+/m0/s1. The van der Waals surface area contributed by atoms with Crippen LogP contribution in [0.25, 0.3) is 0 Å². The molecule has 0 spiro atoms. The van der Waals surface area contributed by atoms with Crippen molar-refractivity contribution in [2.24, 2.45) is 29.6 Å². The highest BCUT2D eigenvalue weighted by atomic mass is 16.6. The predicted molar refractivity (Wildman–Crippen MR) is 131 cm³/mol. The lowest BCUT2D eigenvalue weighted by Gasteiger charge is -2.19. The lowest BCUT2D eigenvalue weighted by atomic mass is 9.81. The lowest BCUT2D eigenvalue weighted by molar-refractivity contribution is -0.385. The van der Waals surface area contributed by atoms with Crippen LogP contribution in [0.2, 0.25) is 0 Å². The number of imide groups is 1. The highest BCUT2D eigenvalue weighted by molar-refractivity contribution is 6.22. The molecule has 0 unspecified atom stereocenters. The van der Waals surface area contributed by atoms with Gasteiger partial charge in [0, 0.05) is 30.7 Å². The van der Waals surface area contributed by atoms with Crippen molar-refractivity contribution in [2.45, 2.75) is 32.6 Å². The molecule has 2 saturated heterocycles. The van der Waals surface area contributed by atoms with Crippen LogP contribution in [0.5, 0.6) is 5.75 Å². The Kier molecular flexibility index (Phi) is 5.36. The van der Waals surface area contributed by atoms with Gasteiger partial charge in [-0.15, -0.1) is 0 Å². The second kappa shape index (κ2) is 8.50. The Morgan fingerprint density at radius 2 is 1.70 bits per heavy atom. The summed E-state index contributed by atoms with van der Waals surface area (Å²) in [4.78, 5) is 65.2. The van der Waals surface area contributed by atoms with Crippen molar-refractivity contribution in [1.82, 2.24) is 0 Å². The van der Waals surface area contributed by atoms with Gasteiger partial charge in [0.05, 0.1) is 34.1 Å². The van der Waals surface area contributed by atoms with E-state index in [2.05, 4.69) is 0 Å². The third-order valence-electron chi connectivity index (χ3n) is 8.38. The van der Waals surface area contributed by atoms with Crippen LogP contribution in [-0.2, 0) is 19.2 Å². The third-order valence-corrected chi connectivity index (χ3v) is 8.38. The Hall–Kier alpha value is -4.08. The monoisotopic (exact) mass is 503 g/mol. The molecule has 2 aromatic carbocycles. The van der Waals surface area contributed by atoms with Gasteiger partial charge in [0.25, 0.3) is 5.69 Å². The summed E-state index contributed by atoms with van der Waals surface area (Å²) < 4.78 is 5.56. The molecule has 2 aliphatic carbocycles. The van der Waals surface area contributed by atoms with Crippen LogP contribution >= 0.6 is 0 Å². The van der Waals surface area contributed by atoms with Crippen LogP contribution < -0.4 is 14.5 Å².